The number of aliphatic carboxylic acids is 2. The Bertz CT molecular complexity index is 1050. The fourth-order valence-electron chi connectivity index (χ4n) is 3.55. The summed E-state index contributed by atoms with van der Waals surface area (Å²) < 4.78 is 68.9. The van der Waals surface area contributed by atoms with Gasteiger partial charge in [-0.05, 0) is 17.7 Å². The molecule has 3 heterocycles. The van der Waals surface area contributed by atoms with Gasteiger partial charge in [-0.25, -0.2) is 14.6 Å². The van der Waals surface area contributed by atoms with Crippen molar-refractivity contribution in [1.29, 1.82) is 0 Å². The first-order valence-corrected chi connectivity index (χ1v) is 11.7. The molecule has 0 spiro atoms. The van der Waals surface area contributed by atoms with Crippen molar-refractivity contribution in [3.05, 3.63) is 48.0 Å². The lowest BCUT2D eigenvalue weighted by Crippen LogP contribution is -2.43. The molecule has 0 radical (unpaired) electrons. The van der Waals surface area contributed by atoms with Crippen molar-refractivity contribution in [2.75, 3.05) is 57.4 Å². The van der Waals surface area contributed by atoms with Crippen LogP contribution in [-0.4, -0.2) is 96.9 Å². The summed E-state index contributed by atoms with van der Waals surface area (Å²) in [5.41, 5.74) is 3.65. The molecule has 2 saturated heterocycles. The number of nitrogens with zero attached hydrogens (tertiary/aromatic N) is 3. The quantitative estimate of drug-likeness (QED) is 0.480. The van der Waals surface area contributed by atoms with Crippen LogP contribution in [0.15, 0.2) is 42.5 Å². The number of anilines is 1. The van der Waals surface area contributed by atoms with Gasteiger partial charge >= 0.3 is 24.3 Å². The Balaban J connectivity index is 0.000000317. The summed E-state index contributed by atoms with van der Waals surface area (Å²) in [4.78, 5) is 27.6. The van der Waals surface area contributed by atoms with E-state index in [1.54, 1.807) is 0 Å². The number of carboxylic acids is 2. The predicted octanol–water partition coefficient (Wildman–Crippen LogP) is 3.26. The molecule has 1 aromatic heterocycles. The normalized spacial score (nSPS) is 16.3. The number of piperazine rings is 1. The zero-order valence-electron chi connectivity index (χ0n) is 20.6. The fourth-order valence-corrected chi connectivity index (χ4v) is 3.55. The molecule has 4 rings (SSSR count). The van der Waals surface area contributed by atoms with Crippen LogP contribution in [0.3, 0.4) is 0 Å². The summed E-state index contributed by atoms with van der Waals surface area (Å²) in [5, 5.41) is 17.7. The topological polar surface area (TPSA) is 115 Å². The first-order valence-electron chi connectivity index (χ1n) is 11.7. The number of nitrogens with one attached hydrogen (secondary N) is 1. The molecule has 216 valence electrons. The van der Waals surface area contributed by atoms with Gasteiger partial charge in [0.1, 0.15) is 5.82 Å². The molecule has 0 aliphatic carbocycles. The van der Waals surface area contributed by atoms with Gasteiger partial charge in [-0.1, -0.05) is 30.3 Å². The molecule has 0 saturated carbocycles. The van der Waals surface area contributed by atoms with E-state index in [-0.39, 0.29) is 0 Å². The van der Waals surface area contributed by atoms with Gasteiger partial charge in [0.05, 0.1) is 18.9 Å². The van der Waals surface area contributed by atoms with Crippen LogP contribution in [0.2, 0.25) is 0 Å². The van der Waals surface area contributed by atoms with E-state index >= 15 is 0 Å². The maximum atomic E-state index is 10.6. The number of pyridine rings is 1. The minimum Gasteiger partial charge on any atom is -0.475 e. The van der Waals surface area contributed by atoms with E-state index in [9.17, 15) is 26.3 Å². The predicted molar refractivity (Wildman–Crippen MR) is 128 cm³/mol. The Hall–Kier alpha value is -3.43. The monoisotopic (exact) mass is 566 g/mol. The maximum Gasteiger partial charge on any atom is 0.490 e. The van der Waals surface area contributed by atoms with Gasteiger partial charge < -0.3 is 25.2 Å². The molecule has 0 atom stereocenters. The van der Waals surface area contributed by atoms with Crippen LogP contribution in [0.1, 0.15) is 5.56 Å². The van der Waals surface area contributed by atoms with Crippen LogP contribution in [0.4, 0.5) is 32.2 Å². The molecule has 0 unspecified atom stereocenters. The molecule has 3 N–H and O–H groups in total. The summed E-state index contributed by atoms with van der Waals surface area (Å²) in [7, 11) is 0. The van der Waals surface area contributed by atoms with Gasteiger partial charge in [-0.2, -0.15) is 26.3 Å². The number of rotatable bonds is 4. The smallest absolute Gasteiger partial charge is 0.475 e. The number of halogens is 6. The van der Waals surface area contributed by atoms with Gasteiger partial charge in [-0.3, -0.25) is 4.90 Å². The van der Waals surface area contributed by atoms with Gasteiger partial charge in [-0.15, -0.1) is 0 Å². The number of benzene rings is 1. The molecule has 15 heteroatoms. The first kappa shape index (κ1) is 31.8. The second-order valence-electron chi connectivity index (χ2n) is 8.27. The lowest BCUT2D eigenvalue weighted by molar-refractivity contribution is -0.193. The molecule has 39 heavy (non-hydrogen) atoms. The largest absolute Gasteiger partial charge is 0.490 e. The van der Waals surface area contributed by atoms with E-state index in [2.05, 4.69) is 57.6 Å². The zero-order valence-corrected chi connectivity index (χ0v) is 20.6. The van der Waals surface area contributed by atoms with E-state index in [4.69, 9.17) is 29.5 Å². The lowest BCUT2D eigenvalue weighted by Gasteiger charge is -2.29. The van der Waals surface area contributed by atoms with Crippen LogP contribution in [0.25, 0.3) is 11.3 Å². The molecule has 2 aromatic rings. The maximum absolute atomic E-state index is 10.6. The Morgan fingerprint density at radius 1 is 0.846 bits per heavy atom. The van der Waals surface area contributed by atoms with Crippen molar-refractivity contribution in [3.63, 3.8) is 0 Å². The number of ether oxygens (including phenoxy) is 1. The Kier molecular flexibility index (Phi) is 11.9. The van der Waals surface area contributed by atoms with Gasteiger partial charge in [0.15, 0.2) is 0 Å². The Labute approximate surface area is 220 Å². The van der Waals surface area contributed by atoms with Crippen LogP contribution >= 0.6 is 0 Å². The molecular weight excluding hydrogens is 538 g/mol. The SMILES string of the molecule is O=C(O)C(F)(F)F.O=C(O)C(F)(F)F.c1cc(-c2ccccc2CN2CCOCC2)nc(N2CCNCC2)c1. The standard InChI is InChI=1S/C20H26N4O.2C2HF3O2/c1-2-5-18(17(4-1)16-23-12-14-25-15-13-23)19-6-3-7-20(22-19)24-10-8-21-9-11-24;2*3-2(4,5)1(6)7/h1-7,21H,8-16H2;2*(H,6,7). The summed E-state index contributed by atoms with van der Waals surface area (Å²) in [5.74, 6) is -4.43. The second kappa shape index (κ2) is 14.6. The minimum absolute atomic E-state index is 0.832. The van der Waals surface area contributed by atoms with Gasteiger partial charge in [0.2, 0.25) is 0 Å². The number of hydrogen-bond donors (Lipinski definition) is 3. The molecule has 0 amide bonds. The van der Waals surface area contributed by atoms with E-state index in [1.807, 2.05) is 0 Å². The second-order valence-corrected chi connectivity index (χ2v) is 8.27. The Morgan fingerprint density at radius 2 is 1.38 bits per heavy atom. The van der Waals surface area contributed by atoms with Crippen molar-refractivity contribution in [3.8, 4) is 11.3 Å². The lowest BCUT2D eigenvalue weighted by atomic mass is 10.0. The third kappa shape index (κ3) is 11.1. The van der Waals surface area contributed by atoms with Crippen LogP contribution in [-0.2, 0) is 20.9 Å². The summed E-state index contributed by atoms with van der Waals surface area (Å²) in [6, 6.07) is 15.0. The molecule has 0 bridgehead atoms. The summed E-state index contributed by atoms with van der Waals surface area (Å²) in [6.45, 7) is 8.72. The number of aromatic nitrogens is 1. The van der Waals surface area contributed by atoms with E-state index in [0.717, 1.165) is 70.5 Å². The van der Waals surface area contributed by atoms with Crippen LogP contribution in [0, 0.1) is 0 Å². The number of carbonyl (C=O) groups is 2. The van der Waals surface area contributed by atoms with Crippen molar-refractivity contribution in [1.82, 2.24) is 15.2 Å². The summed E-state index contributed by atoms with van der Waals surface area (Å²) >= 11 is 0. The van der Waals surface area contributed by atoms with Crippen molar-refractivity contribution >= 4 is 17.8 Å². The van der Waals surface area contributed by atoms with E-state index in [0.29, 0.717) is 0 Å². The molecular formula is C24H28F6N4O5. The zero-order chi connectivity index (χ0) is 29.1. The van der Waals surface area contributed by atoms with Crippen molar-refractivity contribution in [2.45, 2.75) is 18.9 Å². The highest BCUT2D eigenvalue weighted by molar-refractivity contribution is 5.73. The number of alkyl halides is 6. The molecule has 9 nitrogen and oxygen atoms in total. The number of carboxylic acid groups (broad SMARTS) is 2. The fraction of sp³-hybridized carbons (Fsp3) is 0.458. The number of hydrogen-bond acceptors (Lipinski definition) is 7. The van der Waals surface area contributed by atoms with Gasteiger partial charge in [0.25, 0.3) is 0 Å². The third-order valence-electron chi connectivity index (χ3n) is 5.45. The highest BCUT2D eigenvalue weighted by atomic mass is 19.4. The Morgan fingerprint density at radius 3 is 1.92 bits per heavy atom. The molecule has 2 aliphatic rings. The van der Waals surface area contributed by atoms with Crippen LogP contribution < -0.4 is 10.2 Å². The molecule has 2 fully saturated rings. The van der Waals surface area contributed by atoms with E-state index < -0.39 is 24.3 Å². The highest BCUT2D eigenvalue weighted by Crippen LogP contribution is 2.26. The average Bonchev–Trinajstić information content (AvgIpc) is 2.90. The van der Waals surface area contributed by atoms with Crippen molar-refractivity contribution < 1.29 is 50.9 Å². The van der Waals surface area contributed by atoms with Crippen LogP contribution in [0.5, 0.6) is 0 Å². The first-order chi connectivity index (χ1) is 18.3. The average molecular weight is 566 g/mol. The van der Waals surface area contributed by atoms with Gasteiger partial charge in [0, 0.05) is 51.4 Å². The molecule has 1 aromatic carbocycles. The van der Waals surface area contributed by atoms with Crippen molar-refractivity contribution in [2.24, 2.45) is 0 Å². The highest BCUT2D eigenvalue weighted by Gasteiger charge is 2.38. The number of morpholine rings is 1. The minimum atomic E-state index is -5.08. The van der Waals surface area contributed by atoms with E-state index in [1.165, 1.54) is 11.1 Å². The summed E-state index contributed by atoms with van der Waals surface area (Å²) in [6.07, 6.45) is -10.2. The molecule has 2 aliphatic heterocycles. The third-order valence-corrected chi connectivity index (χ3v) is 5.45.